The quantitative estimate of drug-likeness (QED) is 0.810. The molecule has 1 saturated carbocycles. The zero-order chi connectivity index (χ0) is 11.7. The molecule has 1 unspecified atom stereocenters. The molecule has 1 atom stereocenters. The average Bonchev–Trinajstić information content (AvgIpc) is 2.81. The summed E-state index contributed by atoms with van der Waals surface area (Å²) in [7, 11) is 0. The van der Waals surface area contributed by atoms with Crippen LogP contribution in [-0.2, 0) is 0 Å². The lowest BCUT2D eigenvalue weighted by molar-refractivity contribution is 0.0595. The van der Waals surface area contributed by atoms with Crippen molar-refractivity contribution in [1.29, 1.82) is 0 Å². The van der Waals surface area contributed by atoms with Crippen LogP contribution in [0.3, 0.4) is 0 Å². The van der Waals surface area contributed by atoms with Gasteiger partial charge >= 0.3 is 0 Å². The van der Waals surface area contributed by atoms with E-state index in [-0.39, 0.29) is 0 Å². The van der Waals surface area contributed by atoms with E-state index in [9.17, 15) is 0 Å². The average molecular weight is 236 g/mol. The molecule has 2 heterocycles. The van der Waals surface area contributed by atoms with E-state index in [2.05, 4.69) is 17.1 Å². The normalized spacial score (nSPS) is 34.8. The van der Waals surface area contributed by atoms with Gasteiger partial charge in [-0.2, -0.15) is 0 Å². The fourth-order valence-corrected chi connectivity index (χ4v) is 4.11. The van der Waals surface area contributed by atoms with Crippen LogP contribution < -0.4 is 5.32 Å². The highest BCUT2D eigenvalue weighted by atomic mass is 15.1. The maximum Gasteiger partial charge on any atom is 0.00967 e. The van der Waals surface area contributed by atoms with Gasteiger partial charge in [0.25, 0.3) is 0 Å². The SMILES string of the molecule is CC1(CN2CCC(C3CCCN3)CC2)CCC1. The summed E-state index contributed by atoms with van der Waals surface area (Å²) in [6.07, 6.45) is 10.1. The number of nitrogens with one attached hydrogen (secondary N) is 1. The lowest BCUT2D eigenvalue weighted by Gasteiger charge is -2.44. The molecule has 3 rings (SSSR count). The van der Waals surface area contributed by atoms with Gasteiger partial charge in [0.2, 0.25) is 0 Å². The van der Waals surface area contributed by atoms with E-state index in [0.29, 0.717) is 5.41 Å². The molecule has 0 radical (unpaired) electrons. The minimum absolute atomic E-state index is 0.679. The fraction of sp³-hybridized carbons (Fsp3) is 1.00. The summed E-state index contributed by atoms with van der Waals surface area (Å²) in [5.74, 6) is 0.975. The number of hydrogen-bond donors (Lipinski definition) is 1. The molecule has 17 heavy (non-hydrogen) atoms. The summed E-state index contributed by atoms with van der Waals surface area (Å²) in [6.45, 7) is 7.85. The van der Waals surface area contributed by atoms with Crippen LogP contribution in [0.5, 0.6) is 0 Å². The molecular formula is C15H28N2. The molecule has 98 valence electrons. The molecule has 2 heteroatoms. The van der Waals surface area contributed by atoms with Gasteiger partial charge in [-0.3, -0.25) is 0 Å². The number of hydrogen-bond acceptors (Lipinski definition) is 2. The van der Waals surface area contributed by atoms with E-state index in [1.54, 1.807) is 0 Å². The van der Waals surface area contributed by atoms with E-state index in [1.807, 2.05) is 0 Å². The minimum Gasteiger partial charge on any atom is -0.314 e. The first kappa shape index (κ1) is 12.0. The van der Waals surface area contributed by atoms with Crippen molar-refractivity contribution < 1.29 is 0 Å². The number of likely N-dealkylation sites (tertiary alicyclic amines) is 1. The molecule has 3 fully saturated rings. The van der Waals surface area contributed by atoms with Gasteiger partial charge in [0.15, 0.2) is 0 Å². The highest BCUT2D eigenvalue weighted by Gasteiger charge is 2.35. The van der Waals surface area contributed by atoms with E-state index >= 15 is 0 Å². The largest absolute Gasteiger partial charge is 0.314 e. The molecule has 2 saturated heterocycles. The van der Waals surface area contributed by atoms with Gasteiger partial charge < -0.3 is 10.2 Å². The molecule has 0 spiro atoms. The third-order valence-electron chi connectivity index (χ3n) is 5.47. The second kappa shape index (κ2) is 4.89. The van der Waals surface area contributed by atoms with Crippen LogP contribution in [0.4, 0.5) is 0 Å². The van der Waals surface area contributed by atoms with Crippen molar-refractivity contribution in [2.75, 3.05) is 26.2 Å². The van der Waals surface area contributed by atoms with Crippen molar-refractivity contribution in [3.63, 3.8) is 0 Å². The first-order valence-electron chi connectivity index (χ1n) is 7.71. The molecule has 2 nitrogen and oxygen atoms in total. The molecule has 1 N–H and O–H groups in total. The molecule has 0 aromatic heterocycles. The Labute approximate surface area is 106 Å². The Morgan fingerprint density at radius 3 is 2.41 bits per heavy atom. The zero-order valence-corrected chi connectivity index (χ0v) is 11.4. The van der Waals surface area contributed by atoms with Crippen LogP contribution in [0.15, 0.2) is 0 Å². The number of piperidine rings is 1. The van der Waals surface area contributed by atoms with E-state index in [1.165, 1.54) is 71.1 Å². The third-order valence-corrected chi connectivity index (χ3v) is 5.47. The van der Waals surface area contributed by atoms with Crippen LogP contribution in [-0.4, -0.2) is 37.1 Å². The lowest BCUT2D eigenvalue weighted by atomic mass is 9.70. The molecule has 0 bridgehead atoms. The smallest absolute Gasteiger partial charge is 0.00967 e. The van der Waals surface area contributed by atoms with Crippen LogP contribution in [0.2, 0.25) is 0 Å². The summed E-state index contributed by atoms with van der Waals surface area (Å²) in [4.78, 5) is 2.74. The van der Waals surface area contributed by atoms with Crippen LogP contribution in [0.25, 0.3) is 0 Å². The molecule has 1 aliphatic carbocycles. The van der Waals surface area contributed by atoms with Crippen molar-refractivity contribution >= 4 is 0 Å². The Bertz CT molecular complexity index is 246. The second-order valence-electron chi connectivity index (χ2n) is 6.98. The summed E-state index contributed by atoms with van der Waals surface area (Å²) in [5, 5.41) is 3.69. The Morgan fingerprint density at radius 1 is 1.12 bits per heavy atom. The number of nitrogens with zero attached hydrogens (tertiary/aromatic N) is 1. The molecule has 3 aliphatic rings. The fourth-order valence-electron chi connectivity index (χ4n) is 4.11. The molecule has 2 aliphatic heterocycles. The van der Waals surface area contributed by atoms with Crippen molar-refractivity contribution in [2.45, 2.75) is 57.9 Å². The Kier molecular flexibility index (Phi) is 3.45. The van der Waals surface area contributed by atoms with Gasteiger partial charge in [0.05, 0.1) is 0 Å². The molecule has 0 amide bonds. The van der Waals surface area contributed by atoms with Crippen molar-refractivity contribution in [3.05, 3.63) is 0 Å². The first-order chi connectivity index (χ1) is 8.25. The lowest BCUT2D eigenvalue weighted by Crippen LogP contribution is -2.46. The Balaban J connectivity index is 1.43. The van der Waals surface area contributed by atoms with Gasteiger partial charge in [-0.05, 0) is 69.5 Å². The molecule has 0 aromatic carbocycles. The third kappa shape index (κ3) is 2.68. The highest BCUT2D eigenvalue weighted by molar-refractivity contribution is 4.90. The standard InChI is InChI=1S/C15H28N2/c1-15(7-3-8-15)12-17-10-5-13(6-11-17)14-4-2-9-16-14/h13-14,16H,2-12H2,1H3. The van der Waals surface area contributed by atoms with Gasteiger partial charge in [-0.1, -0.05) is 13.3 Å². The predicted octanol–water partition coefficient (Wildman–Crippen LogP) is 2.64. The second-order valence-corrected chi connectivity index (χ2v) is 6.98. The van der Waals surface area contributed by atoms with Gasteiger partial charge in [-0.25, -0.2) is 0 Å². The van der Waals surface area contributed by atoms with Gasteiger partial charge in [0.1, 0.15) is 0 Å². The molecular weight excluding hydrogens is 208 g/mol. The van der Waals surface area contributed by atoms with Crippen molar-refractivity contribution in [3.8, 4) is 0 Å². The van der Waals surface area contributed by atoms with E-state index < -0.39 is 0 Å². The summed E-state index contributed by atoms with van der Waals surface area (Å²) >= 11 is 0. The summed E-state index contributed by atoms with van der Waals surface area (Å²) in [6, 6.07) is 0.858. The van der Waals surface area contributed by atoms with Crippen LogP contribution in [0.1, 0.15) is 51.9 Å². The van der Waals surface area contributed by atoms with E-state index in [4.69, 9.17) is 0 Å². The van der Waals surface area contributed by atoms with Crippen molar-refractivity contribution in [1.82, 2.24) is 10.2 Å². The van der Waals surface area contributed by atoms with Gasteiger partial charge in [-0.15, -0.1) is 0 Å². The Hall–Kier alpha value is -0.0800. The topological polar surface area (TPSA) is 15.3 Å². The Morgan fingerprint density at radius 2 is 1.88 bits per heavy atom. The monoisotopic (exact) mass is 236 g/mol. The summed E-state index contributed by atoms with van der Waals surface area (Å²) in [5.41, 5.74) is 0.679. The first-order valence-corrected chi connectivity index (χ1v) is 7.71. The number of rotatable bonds is 3. The van der Waals surface area contributed by atoms with Gasteiger partial charge in [0, 0.05) is 12.6 Å². The highest BCUT2D eigenvalue weighted by Crippen LogP contribution is 2.41. The predicted molar refractivity (Wildman–Crippen MR) is 72.1 cm³/mol. The van der Waals surface area contributed by atoms with E-state index in [0.717, 1.165) is 12.0 Å². The summed E-state index contributed by atoms with van der Waals surface area (Å²) < 4.78 is 0. The zero-order valence-electron chi connectivity index (χ0n) is 11.4. The minimum atomic E-state index is 0.679. The molecule has 0 aromatic rings. The maximum absolute atomic E-state index is 3.69. The van der Waals surface area contributed by atoms with Crippen LogP contribution in [0, 0.1) is 11.3 Å². The maximum atomic E-state index is 3.69. The van der Waals surface area contributed by atoms with Crippen LogP contribution >= 0.6 is 0 Å². The van der Waals surface area contributed by atoms with Crippen molar-refractivity contribution in [2.24, 2.45) is 11.3 Å².